The molecule has 0 saturated carbocycles. The zero-order valence-electron chi connectivity index (χ0n) is 17.1. The molecule has 1 aliphatic rings. The number of carbonyl (C=O) groups excluding carboxylic acids is 1. The Balaban J connectivity index is 1.49. The summed E-state index contributed by atoms with van der Waals surface area (Å²) in [4.78, 5) is 15.1. The largest absolute Gasteiger partial charge is 0.416 e. The van der Waals surface area contributed by atoms with Crippen LogP contribution in [0.25, 0.3) is 5.69 Å². The Kier molecular flexibility index (Phi) is 5.71. The van der Waals surface area contributed by atoms with Gasteiger partial charge in [0.2, 0.25) is 0 Å². The van der Waals surface area contributed by atoms with E-state index in [1.807, 2.05) is 24.3 Å². The number of rotatable bonds is 4. The maximum Gasteiger partial charge on any atom is 0.416 e. The third-order valence-electron chi connectivity index (χ3n) is 5.52. The number of alkyl halides is 3. The first-order valence-electron chi connectivity index (χ1n) is 10.2. The van der Waals surface area contributed by atoms with E-state index >= 15 is 0 Å². The van der Waals surface area contributed by atoms with Crippen LogP contribution >= 0.6 is 0 Å². The maximum absolute atomic E-state index is 13.0. The van der Waals surface area contributed by atoms with E-state index in [2.05, 4.69) is 15.3 Å². The van der Waals surface area contributed by atoms with Gasteiger partial charge in [0.1, 0.15) is 0 Å². The van der Waals surface area contributed by atoms with E-state index in [1.54, 1.807) is 6.92 Å². The number of amides is 1. The van der Waals surface area contributed by atoms with Crippen LogP contribution in [0.15, 0.2) is 54.7 Å². The van der Waals surface area contributed by atoms with Gasteiger partial charge in [-0.15, -0.1) is 0 Å². The SMILES string of the molecule is Cc1c(C(=O)Nc2ccc(N3CCCCC3)cc2)cnn1-c1cccc(C(F)(F)F)c1. The number of hydrogen-bond acceptors (Lipinski definition) is 3. The van der Waals surface area contributed by atoms with Crippen molar-refractivity contribution in [1.29, 1.82) is 0 Å². The predicted molar refractivity (Wildman–Crippen MR) is 114 cm³/mol. The Morgan fingerprint density at radius 3 is 2.39 bits per heavy atom. The third kappa shape index (κ3) is 4.57. The Bertz CT molecular complexity index is 1070. The summed E-state index contributed by atoms with van der Waals surface area (Å²) in [6, 6.07) is 12.5. The molecule has 3 aromatic rings. The van der Waals surface area contributed by atoms with Crippen molar-refractivity contribution in [1.82, 2.24) is 9.78 Å². The number of aromatic nitrogens is 2. The van der Waals surface area contributed by atoms with Gasteiger partial charge in [-0.1, -0.05) is 6.07 Å². The van der Waals surface area contributed by atoms with Crippen LogP contribution < -0.4 is 10.2 Å². The van der Waals surface area contributed by atoms with Crippen molar-refractivity contribution in [2.75, 3.05) is 23.3 Å². The highest BCUT2D eigenvalue weighted by Crippen LogP contribution is 2.30. The molecule has 1 N–H and O–H groups in total. The van der Waals surface area contributed by atoms with Crippen molar-refractivity contribution in [2.24, 2.45) is 0 Å². The molecule has 5 nitrogen and oxygen atoms in total. The average Bonchev–Trinajstić information content (AvgIpc) is 3.16. The Morgan fingerprint density at radius 1 is 1.00 bits per heavy atom. The average molecular weight is 428 g/mol. The molecule has 1 fully saturated rings. The molecule has 0 aliphatic carbocycles. The van der Waals surface area contributed by atoms with E-state index in [9.17, 15) is 18.0 Å². The monoisotopic (exact) mass is 428 g/mol. The van der Waals surface area contributed by atoms with Gasteiger partial charge in [0.25, 0.3) is 5.91 Å². The molecule has 1 aliphatic heterocycles. The van der Waals surface area contributed by atoms with Gasteiger partial charge >= 0.3 is 6.18 Å². The van der Waals surface area contributed by atoms with Crippen molar-refractivity contribution in [3.8, 4) is 5.69 Å². The van der Waals surface area contributed by atoms with Crippen LogP contribution in [0.2, 0.25) is 0 Å². The first-order valence-corrected chi connectivity index (χ1v) is 10.2. The third-order valence-corrected chi connectivity index (χ3v) is 5.52. The predicted octanol–water partition coefficient (Wildman–Crippen LogP) is 5.44. The van der Waals surface area contributed by atoms with E-state index < -0.39 is 11.7 Å². The summed E-state index contributed by atoms with van der Waals surface area (Å²) < 4.78 is 40.4. The minimum atomic E-state index is -4.45. The molecule has 0 atom stereocenters. The molecule has 162 valence electrons. The minimum Gasteiger partial charge on any atom is -0.372 e. The van der Waals surface area contributed by atoms with Gasteiger partial charge in [0.15, 0.2) is 0 Å². The number of hydrogen-bond donors (Lipinski definition) is 1. The molecule has 0 bridgehead atoms. The zero-order valence-corrected chi connectivity index (χ0v) is 17.1. The van der Waals surface area contributed by atoms with E-state index in [0.29, 0.717) is 16.9 Å². The fourth-order valence-electron chi connectivity index (χ4n) is 3.81. The van der Waals surface area contributed by atoms with Gasteiger partial charge in [0.05, 0.1) is 28.7 Å². The highest BCUT2D eigenvalue weighted by molar-refractivity contribution is 6.05. The number of nitrogens with one attached hydrogen (secondary N) is 1. The van der Waals surface area contributed by atoms with Crippen molar-refractivity contribution < 1.29 is 18.0 Å². The molecular formula is C23H23F3N4O. The summed E-state index contributed by atoms with van der Waals surface area (Å²) in [5, 5.41) is 6.97. The molecule has 0 unspecified atom stereocenters. The number of halogens is 3. The van der Waals surface area contributed by atoms with Crippen LogP contribution in [-0.4, -0.2) is 28.8 Å². The van der Waals surface area contributed by atoms with Crippen LogP contribution in [0, 0.1) is 6.92 Å². The van der Waals surface area contributed by atoms with Crippen molar-refractivity contribution in [3.63, 3.8) is 0 Å². The van der Waals surface area contributed by atoms with Gasteiger partial charge in [-0.05, 0) is 68.7 Å². The van der Waals surface area contributed by atoms with E-state index in [-0.39, 0.29) is 11.6 Å². The molecule has 0 radical (unpaired) electrons. The van der Waals surface area contributed by atoms with Gasteiger partial charge < -0.3 is 10.2 Å². The summed E-state index contributed by atoms with van der Waals surface area (Å²) in [6.45, 7) is 3.74. The van der Waals surface area contributed by atoms with Crippen LogP contribution in [-0.2, 0) is 6.18 Å². The van der Waals surface area contributed by atoms with E-state index in [0.717, 1.165) is 30.9 Å². The summed E-state index contributed by atoms with van der Waals surface area (Å²) >= 11 is 0. The van der Waals surface area contributed by atoms with Crippen LogP contribution in [0.4, 0.5) is 24.5 Å². The smallest absolute Gasteiger partial charge is 0.372 e. The molecule has 1 saturated heterocycles. The summed E-state index contributed by atoms with van der Waals surface area (Å²) in [5.74, 6) is -0.360. The lowest BCUT2D eigenvalue weighted by Crippen LogP contribution is -2.29. The quantitative estimate of drug-likeness (QED) is 0.602. The second kappa shape index (κ2) is 8.45. The number of carbonyl (C=O) groups is 1. The lowest BCUT2D eigenvalue weighted by atomic mass is 10.1. The van der Waals surface area contributed by atoms with Crippen molar-refractivity contribution >= 4 is 17.3 Å². The van der Waals surface area contributed by atoms with Gasteiger partial charge in [0, 0.05) is 24.5 Å². The van der Waals surface area contributed by atoms with Crippen molar-refractivity contribution in [2.45, 2.75) is 32.4 Å². The number of benzene rings is 2. The molecular weight excluding hydrogens is 405 g/mol. The normalized spacial score (nSPS) is 14.5. The highest BCUT2D eigenvalue weighted by atomic mass is 19.4. The van der Waals surface area contributed by atoms with E-state index in [1.165, 1.54) is 42.3 Å². The molecule has 1 amide bonds. The lowest BCUT2D eigenvalue weighted by Gasteiger charge is -2.28. The van der Waals surface area contributed by atoms with E-state index in [4.69, 9.17) is 0 Å². The van der Waals surface area contributed by atoms with Crippen LogP contribution in [0.3, 0.4) is 0 Å². The summed E-state index contributed by atoms with van der Waals surface area (Å²) in [7, 11) is 0. The fraction of sp³-hybridized carbons (Fsp3) is 0.304. The molecule has 31 heavy (non-hydrogen) atoms. The Morgan fingerprint density at radius 2 is 1.71 bits per heavy atom. The molecule has 4 rings (SSSR count). The molecule has 2 aromatic carbocycles. The summed E-state index contributed by atoms with van der Waals surface area (Å²) in [5.41, 5.74) is 2.03. The highest BCUT2D eigenvalue weighted by Gasteiger charge is 2.30. The van der Waals surface area contributed by atoms with Crippen LogP contribution in [0.1, 0.15) is 40.9 Å². The number of piperidine rings is 1. The molecule has 2 heterocycles. The second-order valence-corrected chi connectivity index (χ2v) is 7.65. The maximum atomic E-state index is 13.0. The number of nitrogens with zero attached hydrogens (tertiary/aromatic N) is 3. The first kappa shape index (κ1) is 21.0. The molecule has 1 aromatic heterocycles. The minimum absolute atomic E-state index is 0.247. The standard InChI is InChI=1S/C23H23F3N4O/c1-16-21(15-27-30(16)20-7-5-6-17(14-20)23(24,25)26)22(31)28-18-8-10-19(11-9-18)29-12-3-2-4-13-29/h5-11,14-15H,2-4,12-13H2,1H3,(H,28,31). The lowest BCUT2D eigenvalue weighted by molar-refractivity contribution is -0.137. The van der Waals surface area contributed by atoms with Crippen molar-refractivity contribution in [3.05, 3.63) is 71.5 Å². The second-order valence-electron chi connectivity index (χ2n) is 7.65. The fourth-order valence-corrected chi connectivity index (χ4v) is 3.81. The zero-order chi connectivity index (χ0) is 22.0. The molecule has 8 heteroatoms. The molecule has 0 spiro atoms. The Labute approximate surface area is 178 Å². The Hall–Kier alpha value is -3.29. The van der Waals surface area contributed by atoms with Gasteiger partial charge in [-0.25, -0.2) is 4.68 Å². The van der Waals surface area contributed by atoms with Gasteiger partial charge in [-0.2, -0.15) is 18.3 Å². The van der Waals surface area contributed by atoms with Crippen LogP contribution in [0.5, 0.6) is 0 Å². The topological polar surface area (TPSA) is 50.2 Å². The number of anilines is 2. The first-order chi connectivity index (χ1) is 14.8. The summed E-state index contributed by atoms with van der Waals surface area (Å²) in [6.07, 6.45) is 0.560. The van der Waals surface area contributed by atoms with Gasteiger partial charge in [-0.3, -0.25) is 4.79 Å².